The van der Waals surface area contributed by atoms with E-state index in [1.807, 2.05) is 0 Å². The molecule has 0 aromatic carbocycles. The quantitative estimate of drug-likeness (QED) is 0.558. The Bertz CT molecular complexity index is 209. The van der Waals surface area contributed by atoms with Crippen molar-refractivity contribution in [3.63, 3.8) is 0 Å². The van der Waals surface area contributed by atoms with Gasteiger partial charge in [-0.1, -0.05) is 0 Å². The zero-order valence-electron chi connectivity index (χ0n) is 9.69. The first-order valence-electron chi connectivity index (χ1n) is 5.97. The van der Waals surface area contributed by atoms with Crippen LogP contribution in [0.3, 0.4) is 0 Å². The molecule has 1 rings (SSSR count). The maximum absolute atomic E-state index is 11.4. The number of amides is 1. The summed E-state index contributed by atoms with van der Waals surface area (Å²) >= 11 is 0. The van der Waals surface area contributed by atoms with E-state index < -0.39 is 0 Å². The van der Waals surface area contributed by atoms with E-state index in [0.717, 1.165) is 32.4 Å². The van der Waals surface area contributed by atoms with Gasteiger partial charge in [0.25, 0.3) is 0 Å². The Morgan fingerprint density at radius 3 is 2.88 bits per heavy atom. The van der Waals surface area contributed by atoms with Gasteiger partial charge in [-0.25, -0.2) is 0 Å². The summed E-state index contributed by atoms with van der Waals surface area (Å²) in [5.74, 6) is 0.489. The smallest absolute Gasteiger partial charge is 0.234 e. The minimum atomic E-state index is -0.0290. The Labute approximate surface area is 96.4 Å². The number of hydrogen-bond acceptors (Lipinski definition) is 4. The minimum Gasteiger partial charge on any atom is -0.396 e. The lowest BCUT2D eigenvalue weighted by atomic mass is 9.95. The predicted octanol–water partition coefficient (Wildman–Crippen LogP) is -0.811. The molecule has 1 amide bonds. The van der Waals surface area contributed by atoms with Crippen molar-refractivity contribution in [2.45, 2.75) is 19.3 Å². The number of likely N-dealkylation sites (tertiary alicyclic amines) is 1. The van der Waals surface area contributed by atoms with Crippen molar-refractivity contribution in [1.29, 1.82) is 0 Å². The number of nitrogens with one attached hydrogen (secondary N) is 1. The highest BCUT2D eigenvalue weighted by atomic mass is 16.3. The van der Waals surface area contributed by atoms with E-state index in [9.17, 15) is 4.79 Å². The van der Waals surface area contributed by atoms with Crippen molar-refractivity contribution < 1.29 is 15.0 Å². The van der Waals surface area contributed by atoms with E-state index in [-0.39, 0.29) is 19.1 Å². The Hall–Kier alpha value is -0.650. The first-order chi connectivity index (χ1) is 7.76. The van der Waals surface area contributed by atoms with Crippen LogP contribution in [0, 0.1) is 5.92 Å². The van der Waals surface area contributed by atoms with Crippen LogP contribution < -0.4 is 5.32 Å². The number of carbonyl (C=O) groups is 1. The van der Waals surface area contributed by atoms with Gasteiger partial charge in [-0.05, 0) is 31.7 Å². The predicted molar refractivity (Wildman–Crippen MR) is 61.0 cm³/mol. The van der Waals surface area contributed by atoms with Crippen molar-refractivity contribution >= 4 is 5.91 Å². The molecule has 0 spiro atoms. The molecular formula is C11H22N2O3. The highest BCUT2D eigenvalue weighted by molar-refractivity contribution is 5.77. The molecule has 1 saturated heterocycles. The van der Waals surface area contributed by atoms with Crippen LogP contribution in [0.25, 0.3) is 0 Å². The van der Waals surface area contributed by atoms with Gasteiger partial charge >= 0.3 is 0 Å². The molecule has 1 atom stereocenters. The molecule has 0 bridgehead atoms. The Morgan fingerprint density at radius 2 is 2.19 bits per heavy atom. The number of carbonyl (C=O) groups excluding carboxylic acids is 1. The molecule has 1 heterocycles. The topological polar surface area (TPSA) is 72.8 Å². The van der Waals surface area contributed by atoms with Gasteiger partial charge in [-0.2, -0.15) is 0 Å². The van der Waals surface area contributed by atoms with Crippen molar-refractivity contribution in [3.8, 4) is 0 Å². The monoisotopic (exact) mass is 230 g/mol. The molecule has 0 aliphatic carbocycles. The molecule has 5 heteroatoms. The van der Waals surface area contributed by atoms with Gasteiger partial charge in [0.15, 0.2) is 0 Å². The minimum absolute atomic E-state index is 0.0150. The fourth-order valence-corrected chi connectivity index (χ4v) is 2.17. The van der Waals surface area contributed by atoms with Crippen LogP contribution in [-0.2, 0) is 4.79 Å². The average molecular weight is 230 g/mol. The lowest BCUT2D eigenvalue weighted by Crippen LogP contribution is -2.43. The van der Waals surface area contributed by atoms with Gasteiger partial charge < -0.3 is 15.5 Å². The van der Waals surface area contributed by atoms with Gasteiger partial charge in [0.05, 0.1) is 13.2 Å². The SMILES string of the molecule is O=C(CN1CCCC(CCO)C1)NCCO. The largest absolute Gasteiger partial charge is 0.396 e. The zero-order chi connectivity index (χ0) is 11.8. The van der Waals surface area contributed by atoms with Crippen molar-refractivity contribution in [3.05, 3.63) is 0 Å². The summed E-state index contributed by atoms with van der Waals surface area (Å²) in [5, 5.41) is 20.1. The van der Waals surface area contributed by atoms with Crippen LogP contribution in [0.15, 0.2) is 0 Å². The summed E-state index contributed by atoms with van der Waals surface area (Å²) in [6.07, 6.45) is 3.07. The van der Waals surface area contributed by atoms with Crippen LogP contribution in [0.2, 0.25) is 0 Å². The third-order valence-corrected chi connectivity index (χ3v) is 2.94. The summed E-state index contributed by atoms with van der Waals surface area (Å²) in [7, 11) is 0. The molecule has 1 fully saturated rings. The second-order valence-electron chi connectivity index (χ2n) is 4.33. The molecule has 16 heavy (non-hydrogen) atoms. The second kappa shape index (κ2) is 7.60. The number of hydrogen-bond donors (Lipinski definition) is 3. The van der Waals surface area contributed by atoms with Crippen molar-refractivity contribution in [2.75, 3.05) is 39.4 Å². The maximum atomic E-state index is 11.4. The first-order valence-corrected chi connectivity index (χ1v) is 5.97. The van der Waals surface area contributed by atoms with E-state index in [0.29, 0.717) is 19.0 Å². The Morgan fingerprint density at radius 1 is 1.38 bits per heavy atom. The summed E-state index contributed by atoms with van der Waals surface area (Å²) < 4.78 is 0. The number of rotatable bonds is 6. The van der Waals surface area contributed by atoms with Gasteiger partial charge in [-0.3, -0.25) is 9.69 Å². The van der Waals surface area contributed by atoms with E-state index in [1.54, 1.807) is 0 Å². The molecule has 3 N–H and O–H groups in total. The van der Waals surface area contributed by atoms with E-state index in [1.165, 1.54) is 0 Å². The molecule has 5 nitrogen and oxygen atoms in total. The number of nitrogens with zero attached hydrogens (tertiary/aromatic N) is 1. The van der Waals surface area contributed by atoms with Gasteiger partial charge in [0.1, 0.15) is 0 Å². The number of piperidine rings is 1. The molecule has 1 aliphatic rings. The average Bonchev–Trinajstić information content (AvgIpc) is 2.27. The normalized spacial score (nSPS) is 22.0. The van der Waals surface area contributed by atoms with Crippen molar-refractivity contribution in [1.82, 2.24) is 10.2 Å². The zero-order valence-corrected chi connectivity index (χ0v) is 9.69. The van der Waals surface area contributed by atoms with Crippen LogP contribution in [0.4, 0.5) is 0 Å². The molecule has 0 radical (unpaired) electrons. The fraction of sp³-hybridized carbons (Fsp3) is 0.909. The van der Waals surface area contributed by atoms with Gasteiger partial charge in [0.2, 0.25) is 5.91 Å². The summed E-state index contributed by atoms with van der Waals surface area (Å²) in [4.78, 5) is 13.5. The Balaban J connectivity index is 2.22. The van der Waals surface area contributed by atoms with E-state index in [4.69, 9.17) is 10.2 Å². The standard InChI is InChI=1S/C11H22N2O3/c14-6-3-10-2-1-5-13(8-10)9-11(16)12-4-7-15/h10,14-15H,1-9H2,(H,12,16). The van der Waals surface area contributed by atoms with E-state index in [2.05, 4.69) is 10.2 Å². The molecular weight excluding hydrogens is 208 g/mol. The fourth-order valence-electron chi connectivity index (χ4n) is 2.17. The number of aliphatic hydroxyl groups is 2. The van der Waals surface area contributed by atoms with E-state index >= 15 is 0 Å². The Kier molecular flexibility index (Phi) is 6.37. The second-order valence-corrected chi connectivity index (χ2v) is 4.33. The lowest BCUT2D eigenvalue weighted by molar-refractivity contribution is -0.122. The third kappa shape index (κ3) is 4.92. The summed E-state index contributed by atoms with van der Waals surface area (Å²) in [5.41, 5.74) is 0. The van der Waals surface area contributed by atoms with Gasteiger partial charge in [-0.15, -0.1) is 0 Å². The maximum Gasteiger partial charge on any atom is 0.234 e. The summed E-state index contributed by atoms with van der Waals surface area (Å²) in [6, 6.07) is 0. The molecule has 0 aromatic heterocycles. The van der Waals surface area contributed by atoms with Crippen molar-refractivity contribution in [2.24, 2.45) is 5.92 Å². The molecule has 94 valence electrons. The van der Waals surface area contributed by atoms with Crippen LogP contribution >= 0.6 is 0 Å². The molecule has 1 unspecified atom stereocenters. The van der Waals surface area contributed by atoms with Crippen LogP contribution in [0.5, 0.6) is 0 Å². The molecule has 1 aliphatic heterocycles. The highest BCUT2D eigenvalue weighted by Gasteiger charge is 2.20. The highest BCUT2D eigenvalue weighted by Crippen LogP contribution is 2.18. The summed E-state index contributed by atoms with van der Waals surface area (Å²) in [6.45, 7) is 2.80. The van der Waals surface area contributed by atoms with Crippen LogP contribution in [-0.4, -0.2) is 60.4 Å². The lowest BCUT2D eigenvalue weighted by Gasteiger charge is -2.31. The molecule has 0 aromatic rings. The third-order valence-electron chi connectivity index (χ3n) is 2.94. The first kappa shape index (κ1) is 13.4. The molecule has 0 saturated carbocycles. The number of aliphatic hydroxyl groups excluding tert-OH is 2. The van der Waals surface area contributed by atoms with Gasteiger partial charge in [0, 0.05) is 19.7 Å². The van der Waals surface area contributed by atoms with Crippen LogP contribution in [0.1, 0.15) is 19.3 Å².